The van der Waals surface area contributed by atoms with Gasteiger partial charge in [0, 0.05) is 18.0 Å². The second kappa shape index (κ2) is 5.90. The molecule has 0 bridgehead atoms. The van der Waals surface area contributed by atoms with Gasteiger partial charge < -0.3 is 9.90 Å². The van der Waals surface area contributed by atoms with Gasteiger partial charge in [0.15, 0.2) is 10.6 Å². The Balaban J connectivity index is 2.00. The lowest BCUT2D eigenvalue weighted by Crippen LogP contribution is -2.22. The number of hydrogen-bond acceptors (Lipinski definition) is 5. The summed E-state index contributed by atoms with van der Waals surface area (Å²) >= 11 is 5.26. The number of pyridine rings is 1. The SMILES string of the molecule is O=C([O-])c1cccc(Cn2c(-c3ccncc3)n[nH]c2=S)c1. The highest BCUT2D eigenvalue weighted by molar-refractivity contribution is 7.71. The normalized spacial score (nSPS) is 10.5. The number of aromatic carboxylic acids is 1. The van der Waals surface area contributed by atoms with Crippen molar-refractivity contribution in [1.82, 2.24) is 19.7 Å². The Morgan fingerprint density at radius 1 is 1.27 bits per heavy atom. The molecule has 0 unspecified atom stereocenters. The first kappa shape index (κ1) is 14.2. The van der Waals surface area contributed by atoms with Crippen LogP contribution in [0, 0.1) is 4.77 Å². The second-order valence-electron chi connectivity index (χ2n) is 4.66. The molecule has 0 fully saturated rings. The predicted molar refractivity (Wildman–Crippen MR) is 80.5 cm³/mol. The Bertz CT molecular complexity index is 871. The summed E-state index contributed by atoms with van der Waals surface area (Å²) in [6.45, 7) is 0.411. The molecule has 6 nitrogen and oxygen atoms in total. The van der Waals surface area contributed by atoms with Gasteiger partial charge in [-0.05, 0) is 41.5 Å². The van der Waals surface area contributed by atoms with Gasteiger partial charge in [0.1, 0.15) is 0 Å². The van der Waals surface area contributed by atoms with Gasteiger partial charge in [-0.1, -0.05) is 18.2 Å². The molecule has 0 aliphatic rings. The number of nitrogens with one attached hydrogen (secondary N) is 1. The average molecular weight is 311 g/mol. The molecule has 1 aromatic carbocycles. The Morgan fingerprint density at radius 2 is 2.05 bits per heavy atom. The van der Waals surface area contributed by atoms with Crippen molar-refractivity contribution in [2.45, 2.75) is 6.54 Å². The van der Waals surface area contributed by atoms with Crippen molar-refractivity contribution in [1.29, 1.82) is 0 Å². The topological polar surface area (TPSA) is 86.6 Å². The van der Waals surface area contributed by atoms with E-state index in [2.05, 4.69) is 15.2 Å². The molecule has 2 heterocycles. The quantitative estimate of drug-likeness (QED) is 0.736. The summed E-state index contributed by atoms with van der Waals surface area (Å²) in [6, 6.07) is 10.2. The number of benzene rings is 1. The van der Waals surface area contributed by atoms with Crippen molar-refractivity contribution < 1.29 is 9.90 Å². The minimum absolute atomic E-state index is 0.137. The summed E-state index contributed by atoms with van der Waals surface area (Å²) in [5, 5.41) is 17.9. The molecule has 22 heavy (non-hydrogen) atoms. The molecular formula is C15H11N4O2S-. The van der Waals surface area contributed by atoms with Crippen LogP contribution >= 0.6 is 12.2 Å². The largest absolute Gasteiger partial charge is 0.545 e. The number of aromatic amines is 1. The number of rotatable bonds is 4. The zero-order chi connectivity index (χ0) is 15.5. The van der Waals surface area contributed by atoms with E-state index >= 15 is 0 Å². The highest BCUT2D eigenvalue weighted by atomic mass is 32.1. The van der Waals surface area contributed by atoms with Crippen LogP contribution in [0.15, 0.2) is 48.8 Å². The zero-order valence-electron chi connectivity index (χ0n) is 11.4. The molecule has 110 valence electrons. The van der Waals surface area contributed by atoms with Gasteiger partial charge in [0.05, 0.1) is 12.5 Å². The number of carboxylic acids is 1. The molecule has 7 heteroatoms. The summed E-state index contributed by atoms with van der Waals surface area (Å²) in [4.78, 5) is 14.9. The Kier molecular flexibility index (Phi) is 3.80. The average Bonchev–Trinajstić information content (AvgIpc) is 2.89. The minimum atomic E-state index is -1.20. The number of carbonyl (C=O) groups is 1. The van der Waals surface area contributed by atoms with Crippen LogP contribution in [0.1, 0.15) is 15.9 Å². The van der Waals surface area contributed by atoms with Crippen molar-refractivity contribution in [3.8, 4) is 11.4 Å². The zero-order valence-corrected chi connectivity index (χ0v) is 12.2. The van der Waals surface area contributed by atoms with E-state index in [-0.39, 0.29) is 5.56 Å². The number of nitrogens with zero attached hydrogens (tertiary/aromatic N) is 3. The van der Waals surface area contributed by atoms with E-state index in [4.69, 9.17) is 12.2 Å². The maximum atomic E-state index is 10.9. The molecular weight excluding hydrogens is 300 g/mol. The van der Waals surface area contributed by atoms with E-state index in [1.54, 1.807) is 29.1 Å². The van der Waals surface area contributed by atoms with Crippen LogP contribution in [-0.4, -0.2) is 25.7 Å². The van der Waals surface area contributed by atoms with Gasteiger partial charge in [-0.25, -0.2) is 0 Å². The number of aromatic nitrogens is 4. The fourth-order valence-corrected chi connectivity index (χ4v) is 2.36. The van der Waals surface area contributed by atoms with Gasteiger partial charge in [-0.2, -0.15) is 5.10 Å². The first-order valence-corrected chi connectivity index (χ1v) is 6.92. The maximum absolute atomic E-state index is 10.9. The molecule has 2 aromatic heterocycles. The Hall–Kier alpha value is -2.80. The fourth-order valence-electron chi connectivity index (χ4n) is 2.16. The maximum Gasteiger partial charge on any atom is 0.195 e. The Labute approximate surface area is 131 Å². The van der Waals surface area contributed by atoms with Crippen LogP contribution < -0.4 is 5.11 Å². The van der Waals surface area contributed by atoms with Crippen LogP contribution in [0.2, 0.25) is 0 Å². The van der Waals surface area contributed by atoms with Crippen molar-refractivity contribution >= 4 is 18.2 Å². The third-order valence-electron chi connectivity index (χ3n) is 3.20. The highest BCUT2D eigenvalue weighted by Gasteiger charge is 2.09. The molecule has 3 aromatic rings. The lowest BCUT2D eigenvalue weighted by molar-refractivity contribution is -0.255. The molecule has 0 saturated carbocycles. The van der Waals surface area contributed by atoms with Crippen molar-refractivity contribution in [2.75, 3.05) is 0 Å². The molecule has 0 radical (unpaired) electrons. The molecule has 0 atom stereocenters. The van der Waals surface area contributed by atoms with Crippen LogP contribution in [0.5, 0.6) is 0 Å². The van der Waals surface area contributed by atoms with Crippen LogP contribution in [0.3, 0.4) is 0 Å². The second-order valence-corrected chi connectivity index (χ2v) is 5.05. The Morgan fingerprint density at radius 3 is 2.77 bits per heavy atom. The standard InChI is InChI=1S/C15H12N4O2S/c20-14(21)12-3-1-2-10(8-12)9-19-13(17-18-15(19)22)11-4-6-16-7-5-11/h1-8H,9H2,(H,18,22)(H,20,21)/p-1. The summed E-state index contributed by atoms with van der Waals surface area (Å²) in [7, 11) is 0. The first-order chi connectivity index (χ1) is 10.6. The summed E-state index contributed by atoms with van der Waals surface area (Å²) < 4.78 is 2.27. The first-order valence-electron chi connectivity index (χ1n) is 6.51. The number of H-pyrrole nitrogens is 1. The summed E-state index contributed by atoms with van der Waals surface area (Å²) in [5.41, 5.74) is 1.81. The lowest BCUT2D eigenvalue weighted by Gasteiger charge is -2.09. The van der Waals surface area contributed by atoms with Gasteiger partial charge in [0.25, 0.3) is 0 Å². The molecule has 0 spiro atoms. The number of carboxylic acid groups (broad SMARTS) is 1. The highest BCUT2D eigenvalue weighted by Crippen LogP contribution is 2.18. The predicted octanol–water partition coefficient (Wildman–Crippen LogP) is 1.41. The van der Waals surface area contributed by atoms with E-state index in [9.17, 15) is 9.90 Å². The fraction of sp³-hybridized carbons (Fsp3) is 0.0667. The van der Waals surface area contributed by atoms with Crippen molar-refractivity contribution in [3.63, 3.8) is 0 Å². The van der Waals surface area contributed by atoms with E-state index < -0.39 is 5.97 Å². The molecule has 1 N–H and O–H groups in total. The van der Waals surface area contributed by atoms with E-state index in [0.29, 0.717) is 17.1 Å². The molecule has 0 aliphatic carbocycles. The van der Waals surface area contributed by atoms with E-state index in [1.165, 1.54) is 6.07 Å². The third-order valence-corrected chi connectivity index (χ3v) is 3.51. The molecule has 0 aliphatic heterocycles. The van der Waals surface area contributed by atoms with Crippen LogP contribution in [0.25, 0.3) is 11.4 Å². The lowest BCUT2D eigenvalue weighted by atomic mass is 10.1. The van der Waals surface area contributed by atoms with Crippen molar-refractivity contribution in [3.05, 3.63) is 64.7 Å². The molecule has 0 amide bonds. The van der Waals surface area contributed by atoms with Crippen LogP contribution in [-0.2, 0) is 6.54 Å². The van der Waals surface area contributed by atoms with Crippen LogP contribution in [0.4, 0.5) is 0 Å². The van der Waals surface area contributed by atoms with Crippen molar-refractivity contribution in [2.24, 2.45) is 0 Å². The minimum Gasteiger partial charge on any atom is -0.545 e. The summed E-state index contributed by atoms with van der Waals surface area (Å²) in [5.74, 6) is -0.529. The number of hydrogen-bond donors (Lipinski definition) is 1. The third kappa shape index (κ3) is 2.79. The van der Waals surface area contributed by atoms with Gasteiger partial charge >= 0.3 is 0 Å². The van der Waals surface area contributed by atoms with E-state index in [1.807, 2.05) is 18.2 Å². The molecule has 0 saturated heterocycles. The summed E-state index contributed by atoms with van der Waals surface area (Å²) in [6.07, 6.45) is 3.35. The smallest absolute Gasteiger partial charge is 0.195 e. The monoisotopic (exact) mass is 311 g/mol. The molecule has 3 rings (SSSR count). The van der Waals surface area contributed by atoms with Gasteiger partial charge in [-0.3, -0.25) is 14.6 Å². The van der Waals surface area contributed by atoms with E-state index in [0.717, 1.165) is 11.1 Å². The number of carbonyl (C=O) groups excluding carboxylic acids is 1. The van der Waals surface area contributed by atoms with Gasteiger partial charge in [0.2, 0.25) is 0 Å². The van der Waals surface area contributed by atoms with Gasteiger partial charge in [-0.15, -0.1) is 0 Å².